The van der Waals surface area contributed by atoms with E-state index >= 15 is 0 Å². The average Bonchev–Trinajstić information content (AvgIpc) is 2.73. The second-order valence-electron chi connectivity index (χ2n) is 6.66. The molecule has 6 heteroatoms. The van der Waals surface area contributed by atoms with Crippen LogP contribution in [0.4, 0.5) is 0 Å². The molecule has 5 nitrogen and oxygen atoms in total. The van der Waals surface area contributed by atoms with Gasteiger partial charge in [-0.05, 0) is 27.2 Å². The minimum atomic E-state index is 0.233. The van der Waals surface area contributed by atoms with E-state index in [2.05, 4.69) is 34.8 Å². The Morgan fingerprint density at radius 2 is 2.13 bits per heavy atom. The summed E-state index contributed by atoms with van der Waals surface area (Å²) in [5, 5.41) is 14.5. The molecule has 2 heterocycles. The number of aryl methyl sites for hydroxylation is 2. The van der Waals surface area contributed by atoms with Crippen molar-refractivity contribution < 1.29 is 5.11 Å². The van der Waals surface area contributed by atoms with Crippen LogP contribution in [0.15, 0.2) is 11.6 Å². The number of rotatable bonds is 6. The summed E-state index contributed by atoms with van der Waals surface area (Å²) >= 11 is 6.36. The summed E-state index contributed by atoms with van der Waals surface area (Å²) in [7, 11) is 1.88. The summed E-state index contributed by atoms with van der Waals surface area (Å²) in [4.78, 5) is 4.90. The first-order chi connectivity index (χ1) is 10.9. The average molecular weight is 341 g/mol. The van der Waals surface area contributed by atoms with Crippen LogP contribution in [-0.4, -0.2) is 63.5 Å². The van der Waals surface area contributed by atoms with Crippen LogP contribution in [0.2, 0.25) is 5.15 Å². The highest BCUT2D eigenvalue weighted by molar-refractivity contribution is 6.30. The molecule has 1 aromatic rings. The summed E-state index contributed by atoms with van der Waals surface area (Å²) in [5.74, 6) is 0. The molecule has 1 saturated heterocycles. The van der Waals surface area contributed by atoms with Gasteiger partial charge in [0.25, 0.3) is 0 Å². The summed E-state index contributed by atoms with van der Waals surface area (Å²) < 4.78 is 1.74. The van der Waals surface area contributed by atoms with Gasteiger partial charge in [0, 0.05) is 58.0 Å². The largest absolute Gasteiger partial charge is 0.396 e. The van der Waals surface area contributed by atoms with Gasteiger partial charge in [-0.3, -0.25) is 14.5 Å². The van der Waals surface area contributed by atoms with E-state index in [-0.39, 0.29) is 6.61 Å². The van der Waals surface area contributed by atoms with E-state index in [9.17, 15) is 5.11 Å². The molecule has 23 heavy (non-hydrogen) atoms. The first-order valence-electron chi connectivity index (χ1n) is 8.31. The molecule has 2 rings (SSSR count). The lowest BCUT2D eigenvalue weighted by Gasteiger charge is -2.41. The Morgan fingerprint density at radius 3 is 2.70 bits per heavy atom. The molecule has 130 valence electrons. The van der Waals surface area contributed by atoms with Gasteiger partial charge in [0.1, 0.15) is 5.15 Å². The van der Waals surface area contributed by atoms with Gasteiger partial charge < -0.3 is 5.11 Å². The monoisotopic (exact) mass is 340 g/mol. The molecule has 0 aliphatic carbocycles. The number of aliphatic hydroxyl groups is 1. The summed E-state index contributed by atoms with van der Waals surface area (Å²) in [6, 6.07) is 0.389. The SMILES string of the molecule is CC(C)=CCN1CCN(Cc2c(C)nn(C)c2Cl)CC1CCO. The van der Waals surface area contributed by atoms with E-state index in [0.717, 1.165) is 55.6 Å². The van der Waals surface area contributed by atoms with E-state index in [1.165, 1.54) is 5.57 Å². The standard InChI is InChI=1S/C17H29ClN4O/c1-13(2)5-7-22-9-8-21(11-15(22)6-10-23)12-16-14(3)19-20(4)17(16)18/h5,15,23H,6-12H2,1-4H3. The third kappa shape index (κ3) is 4.80. The maximum atomic E-state index is 9.39. The summed E-state index contributed by atoms with van der Waals surface area (Å²) in [6.45, 7) is 11.3. The zero-order valence-corrected chi connectivity index (χ0v) is 15.5. The van der Waals surface area contributed by atoms with E-state index in [1.54, 1.807) is 4.68 Å². The van der Waals surface area contributed by atoms with Crippen LogP contribution in [0.5, 0.6) is 0 Å². The van der Waals surface area contributed by atoms with E-state index in [1.807, 2.05) is 14.0 Å². The Morgan fingerprint density at radius 1 is 1.39 bits per heavy atom. The van der Waals surface area contributed by atoms with E-state index in [4.69, 9.17) is 11.6 Å². The van der Waals surface area contributed by atoms with Crippen LogP contribution in [0.1, 0.15) is 31.5 Å². The quantitative estimate of drug-likeness (QED) is 0.806. The van der Waals surface area contributed by atoms with E-state index in [0.29, 0.717) is 6.04 Å². The number of aromatic nitrogens is 2. The molecule has 0 spiro atoms. The normalized spacial score (nSPS) is 20.0. The van der Waals surface area contributed by atoms with Crippen molar-refractivity contribution in [2.24, 2.45) is 7.05 Å². The van der Waals surface area contributed by atoms with Crippen molar-refractivity contribution in [3.05, 3.63) is 28.1 Å². The maximum absolute atomic E-state index is 9.39. The molecule has 1 unspecified atom stereocenters. The maximum Gasteiger partial charge on any atom is 0.131 e. The van der Waals surface area contributed by atoms with Crippen LogP contribution >= 0.6 is 11.6 Å². The molecule has 0 radical (unpaired) electrons. The fourth-order valence-electron chi connectivity index (χ4n) is 3.14. The van der Waals surface area contributed by atoms with E-state index < -0.39 is 0 Å². The van der Waals surface area contributed by atoms with Crippen LogP contribution in [-0.2, 0) is 13.6 Å². The minimum absolute atomic E-state index is 0.233. The highest BCUT2D eigenvalue weighted by Gasteiger charge is 2.27. The zero-order chi connectivity index (χ0) is 17.0. The molecular formula is C17H29ClN4O. The number of allylic oxidation sites excluding steroid dienone is 1. The number of halogens is 1. The minimum Gasteiger partial charge on any atom is -0.396 e. The highest BCUT2D eigenvalue weighted by Crippen LogP contribution is 2.22. The van der Waals surface area contributed by atoms with Gasteiger partial charge in [-0.2, -0.15) is 5.10 Å². The lowest BCUT2D eigenvalue weighted by Crippen LogP contribution is -2.53. The molecule has 0 saturated carbocycles. The van der Waals surface area contributed by atoms with Gasteiger partial charge >= 0.3 is 0 Å². The predicted octanol–water partition coefficient (Wildman–Crippen LogP) is 2.22. The second-order valence-corrected chi connectivity index (χ2v) is 7.01. The van der Waals surface area contributed by atoms with Crippen LogP contribution in [0.3, 0.4) is 0 Å². The Bertz CT molecular complexity index is 551. The third-order valence-corrected chi connectivity index (χ3v) is 5.01. The molecular weight excluding hydrogens is 312 g/mol. The van der Waals surface area contributed by atoms with Crippen molar-refractivity contribution in [1.29, 1.82) is 0 Å². The van der Waals surface area contributed by atoms with Gasteiger partial charge in [-0.1, -0.05) is 23.3 Å². The number of aliphatic hydroxyl groups excluding tert-OH is 1. The third-order valence-electron chi connectivity index (χ3n) is 4.54. The Kier molecular flexibility index (Phi) is 6.65. The Hall–Kier alpha value is -0.880. The predicted molar refractivity (Wildman–Crippen MR) is 94.7 cm³/mol. The van der Waals surface area contributed by atoms with Crippen LogP contribution < -0.4 is 0 Å². The molecule has 1 atom stereocenters. The molecule has 1 aromatic heterocycles. The Labute approximate surface area is 144 Å². The zero-order valence-electron chi connectivity index (χ0n) is 14.7. The number of piperazine rings is 1. The van der Waals surface area contributed by atoms with Crippen molar-refractivity contribution >= 4 is 11.6 Å². The van der Waals surface area contributed by atoms with Gasteiger partial charge in [-0.15, -0.1) is 0 Å². The van der Waals surface area contributed by atoms with Crippen molar-refractivity contribution in [3.8, 4) is 0 Å². The Balaban J connectivity index is 2.02. The highest BCUT2D eigenvalue weighted by atomic mass is 35.5. The van der Waals surface area contributed by atoms with Gasteiger partial charge in [0.15, 0.2) is 0 Å². The molecule has 1 N–H and O–H groups in total. The number of hydrogen-bond donors (Lipinski definition) is 1. The van der Waals surface area contributed by atoms with Crippen LogP contribution in [0, 0.1) is 6.92 Å². The second kappa shape index (κ2) is 8.29. The molecule has 1 fully saturated rings. The van der Waals surface area contributed by atoms with Gasteiger partial charge in [0.05, 0.1) is 5.69 Å². The molecule has 0 amide bonds. The van der Waals surface area contributed by atoms with Crippen molar-refractivity contribution in [3.63, 3.8) is 0 Å². The molecule has 1 aliphatic heterocycles. The first kappa shape index (κ1) is 18.5. The van der Waals surface area contributed by atoms with Gasteiger partial charge in [-0.25, -0.2) is 0 Å². The van der Waals surface area contributed by atoms with Crippen molar-refractivity contribution in [2.75, 3.05) is 32.8 Å². The lowest BCUT2D eigenvalue weighted by molar-refractivity contribution is 0.0636. The fraction of sp³-hybridized carbons (Fsp3) is 0.706. The number of nitrogens with zero attached hydrogens (tertiary/aromatic N) is 4. The van der Waals surface area contributed by atoms with Crippen LogP contribution in [0.25, 0.3) is 0 Å². The number of hydrogen-bond acceptors (Lipinski definition) is 4. The molecule has 0 bridgehead atoms. The van der Waals surface area contributed by atoms with Crippen molar-refractivity contribution in [1.82, 2.24) is 19.6 Å². The van der Waals surface area contributed by atoms with Crippen molar-refractivity contribution in [2.45, 2.75) is 39.8 Å². The fourth-order valence-corrected chi connectivity index (χ4v) is 3.38. The topological polar surface area (TPSA) is 44.5 Å². The first-order valence-corrected chi connectivity index (χ1v) is 8.68. The molecule has 1 aliphatic rings. The summed E-state index contributed by atoms with van der Waals surface area (Å²) in [6.07, 6.45) is 3.08. The summed E-state index contributed by atoms with van der Waals surface area (Å²) in [5.41, 5.74) is 3.46. The molecule has 0 aromatic carbocycles. The van der Waals surface area contributed by atoms with Gasteiger partial charge in [0.2, 0.25) is 0 Å². The lowest BCUT2D eigenvalue weighted by atomic mass is 10.1. The smallest absolute Gasteiger partial charge is 0.131 e.